The van der Waals surface area contributed by atoms with Gasteiger partial charge in [0.05, 0.1) is 0 Å². The fourth-order valence-corrected chi connectivity index (χ4v) is 2.93. The van der Waals surface area contributed by atoms with E-state index in [1.165, 1.54) is 22.3 Å². The lowest BCUT2D eigenvalue weighted by Gasteiger charge is -2.19. The van der Waals surface area contributed by atoms with Gasteiger partial charge in [0.1, 0.15) is 0 Å². The molecule has 0 nitrogen and oxygen atoms in total. The van der Waals surface area contributed by atoms with Crippen molar-refractivity contribution in [1.29, 1.82) is 0 Å². The Kier molecular flexibility index (Phi) is 3.83. The van der Waals surface area contributed by atoms with Crippen LogP contribution in [0.2, 0.25) is 0 Å². The minimum Gasteiger partial charge on any atom is -0.0775 e. The second-order valence-electron chi connectivity index (χ2n) is 5.52. The maximum atomic E-state index is 2.36. The molecule has 0 heteroatoms. The number of rotatable bonds is 4. The lowest BCUT2D eigenvalue weighted by Crippen LogP contribution is -2.05. The monoisotopic (exact) mass is 260 g/mol. The number of allylic oxidation sites excluding steroid dienone is 4. The van der Waals surface area contributed by atoms with Crippen molar-refractivity contribution in [1.82, 2.24) is 0 Å². The molecule has 0 heterocycles. The van der Waals surface area contributed by atoms with Gasteiger partial charge in [-0.3, -0.25) is 0 Å². The van der Waals surface area contributed by atoms with E-state index in [-0.39, 0.29) is 0 Å². The first-order valence-electron chi connectivity index (χ1n) is 7.29. The topological polar surface area (TPSA) is 0 Å². The molecule has 2 aromatic carbocycles. The van der Waals surface area contributed by atoms with Crippen LogP contribution in [0, 0.1) is 0 Å². The Hall–Kier alpha value is -2.08. The van der Waals surface area contributed by atoms with Gasteiger partial charge in [-0.25, -0.2) is 0 Å². The van der Waals surface area contributed by atoms with Crippen LogP contribution in [0.3, 0.4) is 0 Å². The maximum Gasteiger partial charge on any atom is 0.00948 e. The van der Waals surface area contributed by atoms with Crippen LogP contribution in [0.4, 0.5) is 0 Å². The third kappa shape index (κ3) is 2.91. The molecule has 0 saturated heterocycles. The number of hydrogen-bond acceptors (Lipinski definition) is 0. The van der Waals surface area contributed by atoms with Crippen molar-refractivity contribution >= 4 is 0 Å². The summed E-state index contributed by atoms with van der Waals surface area (Å²) in [5, 5.41) is 0. The summed E-state index contributed by atoms with van der Waals surface area (Å²) < 4.78 is 0. The molecule has 2 aromatic rings. The van der Waals surface area contributed by atoms with Crippen LogP contribution in [0.5, 0.6) is 0 Å². The summed E-state index contributed by atoms with van der Waals surface area (Å²) in [7, 11) is 0. The highest BCUT2D eigenvalue weighted by Gasteiger charge is 2.18. The first-order chi connectivity index (χ1) is 9.83. The second-order valence-corrected chi connectivity index (χ2v) is 5.52. The van der Waals surface area contributed by atoms with Crippen LogP contribution >= 0.6 is 0 Å². The Bertz CT molecular complexity index is 618. The van der Waals surface area contributed by atoms with E-state index in [0.717, 1.165) is 12.8 Å². The molecule has 0 amide bonds. The Labute approximate surface area is 121 Å². The summed E-state index contributed by atoms with van der Waals surface area (Å²) in [6, 6.07) is 21.7. The van der Waals surface area contributed by atoms with E-state index in [1.54, 1.807) is 0 Å². The SMILES string of the molecule is CC1=CCC(C(Cc2ccccc2)c2ccccc2)=C1. The highest BCUT2D eigenvalue weighted by Crippen LogP contribution is 2.34. The zero-order chi connectivity index (χ0) is 13.8. The van der Waals surface area contributed by atoms with Crippen molar-refractivity contribution in [3.63, 3.8) is 0 Å². The molecule has 0 bridgehead atoms. The lowest BCUT2D eigenvalue weighted by molar-refractivity contribution is 0.771. The molecule has 1 unspecified atom stereocenters. The standard InChI is InChI=1S/C20H20/c1-16-12-13-19(14-16)20(18-10-6-3-7-11-18)15-17-8-4-2-5-9-17/h2-12,14,20H,13,15H2,1H3. The van der Waals surface area contributed by atoms with Gasteiger partial charge in [0.2, 0.25) is 0 Å². The van der Waals surface area contributed by atoms with E-state index in [4.69, 9.17) is 0 Å². The molecule has 1 atom stereocenters. The molecule has 0 saturated carbocycles. The van der Waals surface area contributed by atoms with Crippen molar-refractivity contribution in [2.45, 2.75) is 25.7 Å². The molecule has 0 spiro atoms. The van der Waals surface area contributed by atoms with Crippen molar-refractivity contribution in [2.24, 2.45) is 0 Å². The summed E-state index contributed by atoms with van der Waals surface area (Å²) in [6.07, 6.45) is 6.87. The molecular weight excluding hydrogens is 240 g/mol. The van der Waals surface area contributed by atoms with Crippen molar-refractivity contribution < 1.29 is 0 Å². The molecule has 0 fully saturated rings. The fraction of sp³-hybridized carbons (Fsp3) is 0.200. The van der Waals surface area contributed by atoms with Gasteiger partial charge in [-0.1, -0.05) is 84.0 Å². The van der Waals surface area contributed by atoms with Crippen LogP contribution in [0.15, 0.2) is 84.0 Å². The average molecular weight is 260 g/mol. The van der Waals surface area contributed by atoms with Crippen LogP contribution < -0.4 is 0 Å². The van der Waals surface area contributed by atoms with E-state index < -0.39 is 0 Å². The van der Waals surface area contributed by atoms with Crippen molar-refractivity contribution in [3.05, 3.63) is 95.1 Å². The van der Waals surface area contributed by atoms with Crippen LogP contribution in [0.25, 0.3) is 0 Å². The van der Waals surface area contributed by atoms with Gasteiger partial charge in [0.15, 0.2) is 0 Å². The first-order valence-corrected chi connectivity index (χ1v) is 7.29. The third-order valence-corrected chi connectivity index (χ3v) is 4.00. The molecule has 1 aliphatic rings. The first kappa shape index (κ1) is 12.9. The third-order valence-electron chi connectivity index (χ3n) is 4.00. The van der Waals surface area contributed by atoms with Crippen LogP contribution in [0.1, 0.15) is 30.4 Å². The average Bonchev–Trinajstić information content (AvgIpc) is 2.93. The summed E-state index contributed by atoms with van der Waals surface area (Å²) in [5.41, 5.74) is 5.77. The van der Waals surface area contributed by atoms with Gasteiger partial charge in [0.25, 0.3) is 0 Å². The zero-order valence-corrected chi connectivity index (χ0v) is 11.9. The molecular formula is C20H20. The zero-order valence-electron chi connectivity index (χ0n) is 11.9. The predicted octanol–water partition coefficient (Wildman–Crippen LogP) is 5.29. The summed E-state index contributed by atoms with van der Waals surface area (Å²) >= 11 is 0. The summed E-state index contributed by atoms with van der Waals surface area (Å²) in [4.78, 5) is 0. The molecule has 0 radical (unpaired) electrons. The normalized spacial score (nSPS) is 15.7. The van der Waals surface area contributed by atoms with E-state index in [0.29, 0.717) is 5.92 Å². The predicted molar refractivity (Wildman–Crippen MR) is 85.8 cm³/mol. The van der Waals surface area contributed by atoms with Gasteiger partial charge < -0.3 is 0 Å². The second kappa shape index (κ2) is 5.92. The summed E-state index contributed by atoms with van der Waals surface area (Å²) in [6.45, 7) is 2.19. The molecule has 0 aliphatic heterocycles. The molecule has 3 rings (SSSR count). The van der Waals surface area contributed by atoms with Crippen molar-refractivity contribution in [3.8, 4) is 0 Å². The Morgan fingerprint density at radius 3 is 2.15 bits per heavy atom. The molecule has 100 valence electrons. The van der Waals surface area contributed by atoms with E-state index in [9.17, 15) is 0 Å². The Morgan fingerprint density at radius 2 is 1.55 bits per heavy atom. The van der Waals surface area contributed by atoms with Crippen LogP contribution in [-0.4, -0.2) is 0 Å². The summed E-state index contributed by atoms with van der Waals surface area (Å²) in [5.74, 6) is 0.493. The molecule has 0 N–H and O–H groups in total. The molecule has 20 heavy (non-hydrogen) atoms. The smallest absolute Gasteiger partial charge is 0.00948 e. The lowest BCUT2D eigenvalue weighted by atomic mass is 9.85. The van der Waals surface area contributed by atoms with Gasteiger partial charge in [-0.2, -0.15) is 0 Å². The minimum atomic E-state index is 0.493. The minimum absolute atomic E-state index is 0.493. The Balaban J connectivity index is 1.91. The highest BCUT2D eigenvalue weighted by atomic mass is 14.2. The van der Waals surface area contributed by atoms with Gasteiger partial charge >= 0.3 is 0 Å². The maximum absolute atomic E-state index is 2.36. The molecule has 1 aliphatic carbocycles. The van der Waals surface area contributed by atoms with E-state index >= 15 is 0 Å². The van der Waals surface area contributed by atoms with Gasteiger partial charge in [-0.15, -0.1) is 0 Å². The number of benzene rings is 2. The largest absolute Gasteiger partial charge is 0.0775 e. The number of hydrogen-bond donors (Lipinski definition) is 0. The van der Waals surface area contributed by atoms with Crippen molar-refractivity contribution in [2.75, 3.05) is 0 Å². The van der Waals surface area contributed by atoms with Gasteiger partial charge in [0, 0.05) is 5.92 Å². The Morgan fingerprint density at radius 1 is 0.900 bits per heavy atom. The molecule has 0 aromatic heterocycles. The highest BCUT2D eigenvalue weighted by molar-refractivity contribution is 5.40. The van der Waals surface area contributed by atoms with Gasteiger partial charge in [-0.05, 0) is 30.9 Å². The quantitative estimate of drug-likeness (QED) is 0.700. The van der Waals surface area contributed by atoms with E-state index in [2.05, 4.69) is 79.7 Å². The van der Waals surface area contributed by atoms with E-state index in [1.807, 2.05) is 0 Å². The fourth-order valence-electron chi connectivity index (χ4n) is 2.93. The van der Waals surface area contributed by atoms with Crippen LogP contribution in [-0.2, 0) is 6.42 Å².